The maximum Gasteiger partial charge on any atom is 0.262 e. The lowest BCUT2D eigenvalue weighted by Crippen LogP contribution is -2.56. The molecule has 3 aliphatic heterocycles. The van der Waals surface area contributed by atoms with E-state index in [9.17, 15) is 9.59 Å². The first-order valence-electron chi connectivity index (χ1n) is 10.1. The molecular formula is C21H27ClN2O5. The van der Waals surface area contributed by atoms with Gasteiger partial charge in [0.25, 0.3) is 5.91 Å². The Bertz CT molecular complexity index is 816. The summed E-state index contributed by atoms with van der Waals surface area (Å²) in [6.07, 6.45) is 1.96. The topological polar surface area (TPSA) is 68.3 Å². The van der Waals surface area contributed by atoms with Crippen LogP contribution in [0, 0.1) is 13.8 Å². The van der Waals surface area contributed by atoms with E-state index in [4.69, 9.17) is 26.0 Å². The molecule has 0 N–H and O–H groups in total. The summed E-state index contributed by atoms with van der Waals surface area (Å²) in [5, 5.41) is 3.54. The van der Waals surface area contributed by atoms with Gasteiger partial charge >= 0.3 is 0 Å². The Labute approximate surface area is 175 Å². The normalized spacial score (nSPS) is 27.4. The lowest BCUT2D eigenvalue weighted by atomic mass is 9.80. The predicted molar refractivity (Wildman–Crippen MR) is 106 cm³/mol. The van der Waals surface area contributed by atoms with Gasteiger partial charge in [-0.3, -0.25) is 9.59 Å². The molecule has 3 heterocycles. The van der Waals surface area contributed by atoms with Gasteiger partial charge in [-0.15, -0.1) is 0 Å². The highest BCUT2D eigenvalue weighted by Gasteiger charge is 2.61. The maximum absolute atomic E-state index is 13.7. The summed E-state index contributed by atoms with van der Waals surface area (Å²) in [5.74, 6) is -1.47. The number of hydrogen-bond donors (Lipinski definition) is 0. The number of Topliss-reactive ketones (excluding diaryl/α,β-unsaturated/α-hetero) is 1. The fraction of sp³-hybridized carbons (Fsp3) is 0.619. The molecule has 1 amide bonds. The molecule has 0 aliphatic carbocycles. The van der Waals surface area contributed by atoms with Gasteiger partial charge in [0.1, 0.15) is 11.5 Å². The lowest BCUT2D eigenvalue weighted by molar-refractivity contribution is -0.288. The van der Waals surface area contributed by atoms with Crippen molar-refractivity contribution in [2.75, 3.05) is 26.8 Å². The number of halogens is 1. The van der Waals surface area contributed by atoms with Crippen LogP contribution >= 0.6 is 11.6 Å². The van der Waals surface area contributed by atoms with E-state index in [1.54, 1.807) is 12.2 Å². The first-order chi connectivity index (χ1) is 13.9. The van der Waals surface area contributed by atoms with Gasteiger partial charge in [-0.25, -0.2) is 9.90 Å². The number of aryl methyl sites for hydroxylation is 2. The number of carbonyl (C=O) groups is 2. The van der Waals surface area contributed by atoms with Crippen molar-refractivity contribution >= 4 is 23.3 Å². The number of hydroxylamine groups is 4. The minimum atomic E-state index is -1.02. The summed E-state index contributed by atoms with van der Waals surface area (Å²) >= 11 is 6.49. The average Bonchev–Trinajstić information content (AvgIpc) is 3.28. The van der Waals surface area contributed by atoms with Crippen molar-refractivity contribution < 1.29 is 24.0 Å². The molecule has 29 heavy (non-hydrogen) atoms. The number of hydrogen-bond acceptors (Lipinski definition) is 6. The smallest absolute Gasteiger partial charge is 0.262 e. The number of nitrogens with zero attached hydrogens (tertiary/aromatic N) is 2. The average molecular weight is 423 g/mol. The van der Waals surface area contributed by atoms with Crippen LogP contribution in [0.5, 0.6) is 0 Å². The molecule has 1 spiro atoms. The number of piperidine rings is 1. The molecule has 3 saturated heterocycles. The van der Waals surface area contributed by atoms with E-state index in [1.807, 2.05) is 26.0 Å². The zero-order valence-electron chi connectivity index (χ0n) is 17.1. The molecule has 2 unspecified atom stereocenters. The van der Waals surface area contributed by atoms with Crippen molar-refractivity contribution in [3.63, 3.8) is 0 Å². The van der Waals surface area contributed by atoms with Crippen LogP contribution in [0.2, 0.25) is 5.02 Å². The summed E-state index contributed by atoms with van der Waals surface area (Å²) in [7, 11) is 1.61. The van der Waals surface area contributed by atoms with Crippen LogP contribution < -0.4 is 0 Å². The highest BCUT2D eigenvalue weighted by molar-refractivity contribution is 6.32. The van der Waals surface area contributed by atoms with Crippen LogP contribution in [-0.4, -0.2) is 60.5 Å². The van der Waals surface area contributed by atoms with Gasteiger partial charge in [-0.1, -0.05) is 17.7 Å². The van der Waals surface area contributed by atoms with Gasteiger partial charge < -0.3 is 9.57 Å². The molecule has 158 valence electrons. The van der Waals surface area contributed by atoms with E-state index in [-0.39, 0.29) is 11.7 Å². The predicted octanol–water partition coefficient (Wildman–Crippen LogP) is 2.92. The Morgan fingerprint density at radius 2 is 1.86 bits per heavy atom. The highest BCUT2D eigenvalue weighted by atomic mass is 35.5. The summed E-state index contributed by atoms with van der Waals surface area (Å²) in [6, 6.07) is 3.67. The number of amides is 1. The molecule has 0 radical (unpaired) electrons. The van der Waals surface area contributed by atoms with Gasteiger partial charge in [0.2, 0.25) is 0 Å². The molecule has 4 rings (SSSR count). The zero-order valence-corrected chi connectivity index (χ0v) is 17.8. The van der Waals surface area contributed by atoms with Gasteiger partial charge in [0.15, 0.2) is 12.1 Å². The molecule has 0 aromatic heterocycles. The molecule has 3 aliphatic rings. The second kappa shape index (κ2) is 7.96. The molecule has 8 heteroatoms. The second-order valence-electron chi connectivity index (χ2n) is 8.08. The summed E-state index contributed by atoms with van der Waals surface area (Å²) in [4.78, 5) is 38.5. The molecule has 3 fully saturated rings. The first-order valence-corrected chi connectivity index (χ1v) is 10.5. The van der Waals surface area contributed by atoms with Crippen molar-refractivity contribution in [1.82, 2.24) is 10.1 Å². The quantitative estimate of drug-likeness (QED) is 0.695. The third kappa shape index (κ3) is 3.49. The van der Waals surface area contributed by atoms with E-state index in [0.29, 0.717) is 49.5 Å². The van der Waals surface area contributed by atoms with E-state index < -0.39 is 17.7 Å². The molecule has 0 saturated carbocycles. The van der Waals surface area contributed by atoms with E-state index in [0.717, 1.165) is 17.5 Å². The SMILES string of the molecule is CON1CCC2(CC1)C(=O)C(c1cc(C)c(C)cc1Cl)C(=O)N2OC1CCCO1. The van der Waals surface area contributed by atoms with Crippen LogP contribution in [0.25, 0.3) is 0 Å². The Balaban J connectivity index is 1.72. The largest absolute Gasteiger partial charge is 0.350 e. The van der Waals surface area contributed by atoms with Crippen molar-refractivity contribution in [3.8, 4) is 0 Å². The Hall–Kier alpha value is -1.51. The van der Waals surface area contributed by atoms with Crippen molar-refractivity contribution in [1.29, 1.82) is 0 Å². The standard InChI is InChI=1S/C21H27ClN2O5/c1-13-11-15(16(22)12-14(13)2)18-19(25)21(6-8-23(27-3)9-7-21)24(20(18)26)29-17-5-4-10-28-17/h11-12,17-18H,4-10H2,1-3H3. The monoisotopic (exact) mass is 422 g/mol. The van der Waals surface area contributed by atoms with Crippen molar-refractivity contribution in [2.24, 2.45) is 0 Å². The van der Waals surface area contributed by atoms with Crippen LogP contribution in [-0.2, 0) is 24.0 Å². The Morgan fingerprint density at radius 3 is 2.48 bits per heavy atom. The number of benzene rings is 1. The van der Waals surface area contributed by atoms with Crippen LogP contribution in [0.3, 0.4) is 0 Å². The van der Waals surface area contributed by atoms with Crippen molar-refractivity contribution in [3.05, 3.63) is 33.8 Å². The number of ether oxygens (including phenoxy) is 1. The van der Waals surface area contributed by atoms with E-state index in [1.165, 1.54) is 5.06 Å². The van der Waals surface area contributed by atoms with Gasteiger partial charge in [0.05, 0.1) is 13.7 Å². The summed E-state index contributed by atoms with van der Waals surface area (Å²) in [5.41, 5.74) is 1.54. The number of rotatable bonds is 4. The molecular weight excluding hydrogens is 396 g/mol. The molecule has 1 aromatic rings. The molecule has 0 bridgehead atoms. The zero-order chi connectivity index (χ0) is 20.8. The number of ketones is 1. The van der Waals surface area contributed by atoms with Crippen LogP contribution in [0.15, 0.2) is 12.1 Å². The first kappa shape index (κ1) is 20.8. The lowest BCUT2D eigenvalue weighted by Gasteiger charge is -2.42. The van der Waals surface area contributed by atoms with Gasteiger partial charge in [-0.05, 0) is 55.9 Å². The minimum Gasteiger partial charge on any atom is -0.350 e. The Kier molecular flexibility index (Phi) is 5.70. The molecule has 7 nitrogen and oxygen atoms in total. The Morgan fingerprint density at radius 1 is 1.17 bits per heavy atom. The molecule has 1 aromatic carbocycles. The molecule has 2 atom stereocenters. The summed E-state index contributed by atoms with van der Waals surface area (Å²) in [6.45, 7) is 5.57. The van der Waals surface area contributed by atoms with Gasteiger partial charge in [0, 0.05) is 24.5 Å². The maximum atomic E-state index is 13.7. The number of carbonyl (C=O) groups excluding carboxylic acids is 2. The summed E-state index contributed by atoms with van der Waals surface area (Å²) < 4.78 is 5.59. The highest BCUT2D eigenvalue weighted by Crippen LogP contribution is 2.45. The third-order valence-electron chi connectivity index (χ3n) is 6.40. The van der Waals surface area contributed by atoms with Crippen molar-refractivity contribution in [2.45, 2.75) is 57.3 Å². The fourth-order valence-electron chi connectivity index (χ4n) is 4.50. The van der Waals surface area contributed by atoms with E-state index >= 15 is 0 Å². The fourth-order valence-corrected chi connectivity index (χ4v) is 4.83. The third-order valence-corrected chi connectivity index (χ3v) is 6.73. The van der Waals surface area contributed by atoms with Crippen LogP contribution in [0.1, 0.15) is 48.3 Å². The minimum absolute atomic E-state index is 0.151. The van der Waals surface area contributed by atoms with E-state index in [2.05, 4.69) is 0 Å². The van der Waals surface area contributed by atoms with Gasteiger partial charge in [-0.2, -0.15) is 5.06 Å². The van der Waals surface area contributed by atoms with Crippen LogP contribution in [0.4, 0.5) is 0 Å². The second-order valence-corrected chi connectivity index (χ2v) is 8.49.